The zero-order chi connectivity index (χ0) is 74.9. The van der Waals surface area contributed by atoms with E-state index < -0.39 is 97.5 Å². The lowest BCUT2D eigenvalue weighted by atomic mass is 10.0. The summed E-state index contributed by atoms with van der Waals surface area (Å²) in [5.41, 5.74) is 0. The molecule has 0 aromatic rings. The minimum atomic E-state index is -4.96. The summed E-state index contributed by atoms with van der Waals surface area (Å²) in [6.45, 7) is 9.59. The zero-order valence-corrected chi connectivity index (χ0v) is 68.7. The van der Waals surface area contributed by atoms with Crippen molar-refractivity contribution in [3.63, 3.8) is 0 Å². The van der Waals surface area contributed by atoms with E-state index in [9.17, 15) is 43.2 Å². The molecule has 0 bridgehead atoms. The van der Waals surface area contributed by atoms with Crippen LogP contribution in [0.4, 0.5) is 0 Å². The van der Waals surface area contributed by atoms with Gasteiger partial charge in [0, 0.05) is 25.7 Å². The Hall–Kier alpha value is -1.94. The number of ether oxygens (including phenoxy) is 4. The van der Waals surface area contributed by atoms with Gasteiger partial charge in [-0.2, -0.15) is 0 Å². The molecule has 0 amide bonds. The lowest BCUT2D eigenvalue weighted by Gasteiger charge is -2.21. The molecule has 606 valence electrons. The topological polar surface area (TPSA) is 237 Å². The Morgan fingerprint density at radius 2 is 0.451 bits per heavy atom. The molecule has 0 saturated carbocycles. The van der Waals surface area contributed by atoms with Crippen molar-refractivity contribution in [3.05, 3.63) is 0 Å². The Bertz CT molecular complexity index is 1960. The Morgan fingerprint density at radius 1 is 0.265 bits per heavy atom. The van der Waals surface area contributed by atoms with Gasteiger partial charge in [-0.1, -0.05) is 388 Å². The second-order valence-corrected chi connectivity index (χ2v) is 33.7. The molecule has 0 aliphatic rings. The third-order valence-electron chi connectivity index (χ3n) is 19.5. The van der Waals surface area contributed by atoms with Gasteiger partial charge in [-0.05, 0) is 37.5 Å². The van der Waals surface area contributed by atoms with E-state index in [0.717, 1.165) is 102 Å². The minimum Gasteiger partial charge on any atom is -0.462 e. The van der Waals surface area contributed by atoms with Crippen molar-refractivity contribution in [2.75, 3.05) is 39.6 Å². The summed E-state index contributed by atoms with van der Waals surface area (Å²) in [7, 11) is -9.92. The van der Waals surface area contributed by atoms with Crippen LogP contribution in [0.15, 0.2) is 0 Å². The van der Waals surface area contributed by atoms with Gasteiger partial charge < -0.3 is 33.8 Å². The van der Waals surface area contributed by atoms with Crippen LogP contribution in [0.1, 0.15) is 440 Å². The van der Waals surface area contributed by atoms with Crippen molar-refractivity contribution in [1.82, 2.24) is 0 Å². The van der Waals surface area contributed by atoms with Gasteiger partial charge in [0.05, 0.1) is 26.4 Å². The monoisotopic (exact) mass is 1490 g/mol. The maximum Gasteiger partial charge on any atom is 0.472 e. The smallest absolute Gasteiger partial charge is 0.462 e. The first-order chi connectivity index (χ1) is 49.4. The molecular formula is C83H162O17P2. The summed E-state index contributed by atoms with van der Waals surface area (Å²) in [4.78, 5) is 73.0. The van der Waals surface area contributed by atoms with Gasteiger partial charge >= 0.3 is 39.5 Å². The molecular weight excluding hydrogens is 1330 g/mol. The number of phosphoric ester groups is 2. The highest BCUT2D eigenvalue weighted by atomic mass is 31.2. The van der Waals surface area contributed by atoms with E-state index in [1.165, 1.54) is 250 Å². The number of unbranched alkanes of at least 4 members (excludes halogenated alkanes) is 52. The first-order valence-electron chi connectivity index (χ1n) is 43.0. The number of carbonyl (C=O) groups is 4. The van der Waals surface area contributed by atoms with Crippen molar-refractivity contribution < 1.29 is 80.2 Å². The average molecular weight is 1490 g/mol. The van der Waals surface area contributed by atoms with E-state index in [1.54, 1.807) is 0 Å². The molecule has 0 heterocycles. The molecule has 0 aromatic carbocycles. The Kier molecular flexibility index (Phi) is 73.1. The number of esters is 4. The summed E-state index contributed by atoms with van der Waals surface area (Å²) in [6, 6.07) is 0. The molecule has 0 aromatic heterocycles. The van der Waals surface area contributed by atoms with Gasteiger partial charge in [0.1, 0.15) is 19.3 Å². The number of aliphatic hydroxyl groups excluding tert-OH is 1. The Labute approximate surface area is 626 Å². The van der Waals surface area contributed by atoms with Gasteiger partial charge in [0.2, 0.25) is 0 Å². The van der Waals surface area contributed by atoms with Crippen LogP contribution in [0.25, 0.3) is 0 Å². The maximum atomic E-state index is 13.1. The molecule has 102 heavy (non-hydrogen) atoms. The van der Waals surface area contributed by atoms with E-state index in [4.69, 9.17) is 37.0 Å². The SMILES string of the molecule is CCCCCCCCCCCCCCCCCCCCCCCC(=O)O[C@H](COC(=O)CCCCCCCCCCCCCCCCC(C)C)COP(=O)(O)OC[C@@H](O)COP(=O)(O)OC[C@@H](COC(=O)CCCCCCCCC(C)C)OC(=O)CCCCCCCCCCCCCCCCC. The van der Waals surface area contributed by atoms with E-state index >= 15 is 0 Å². The van der Waals surface area contributed by atoms with Crippen LogP contribution in [0, 0.1) is 11.8 Å². The maximum absolute atomic E-state index is 13.1. The molecule has 0 spiro atoms. The molecule has 0 saturated heterocycles. The summed E-state index contributed by atoms with van der Waals surface area (Å²) < 4.78 is 68.7. The first-order valence-corrected chi connectivity index (χ1v) is 46.0. The summed E-state index contributed by atoms with van der Waals surface area (Å²) in [5, 5.41) is 10.6. The second kappa shape index (κ2) is 74.5. The highest BCUT2D eigenvalue weighted by molar-refractivity contribution is 7.47. The van der Waals surface area contributed by atoms with Gasteiger partial charge in [0.25, 0.3) is 0 Å². The van der Waals surface area contributed by atoms with Gasteiger partial charge in [-0.25, -0.2) is 9.13 Å². The fourth-order valence-corrected chi connectivity index (χ4v) is 14.5. The highest BCUT2D eigenvalue weighted by Gasteiger charge is 2.30. The van der Waals surface area contributed by atoms with Gasteiger partial charge in [-0.3, -0.25) is 37.3 Å². The predicted octanol–water partition coefficient (Wildman–Crippen LogP) is 25.1. The standard InChI is InChI=1S/C83H162O17P2/c1-7-9-11-13-15-17-19-21-23-24-25-26-27-28-30-36-40-44-48-56-62-67-82(87)99-78(71-93-80(85)65-59-53-46-42-38-34-32-31-33-37-41-45-51-57-63-75(3)4)73-97-101(89,90)95-69-77(84)70-96-102(91,92)98-74-79(72-94-81(86)66-60-54-50-49-52-58-64-76(5)6)100-83(88)68-61-55-47-43-39-35-29-22-20-18-16-14-12-10-8-2/h75-79,84H,7-74H2,1-6H3,(H,89,90)(H,91,92)/t77-,78-,79-/m1/s1. The number of aliphatic hydroxyl groups is 1. The number of phosphoric acid groups is 2. The molecule has 19 heteroatoms. The Balaban J connectivity index is 5.21. The molecule has 3 N–H and O–H groups in total. The average Bonchev–Trinajstić information content (AvgIpc) is 0.934. The normalized spacial score (nSPS) is 13.9. The fourth-order valence-electron chi connectivity index (χ4n) is 12.9. The van der Waals surface area contributed by atoms with Crippen molar-refractivity contribution in [3.8, 4) is 0 Å². The van der Waals surface area contributed by atoms with Crippen molar-refractivity contribution >= 4 is 39.5 Å². The van der Waals surface area contributed by atoms with Crippen LogP contribution < -0.4 is 0 Å². The molecule has 0 rings (SSSR count). The van der Waals surface area contributed by atoms with E-state index in [1.807, 2.05) is 0 Å². The second-order valence-electron chi connectivity index (χ2n) is 30.8. The largest absolute Gasteiger partial charge is 0.472 e. The van der Waals surface area contributed by atoms with E-state index in [2.05, 4.69) is 41.5 Å². The predicted molar refractivity (Wildman–Crippen MR) is 418 cm³/mol. The lowest BCUT2D eigenvalue weighted by molar-refractivity contribution is -0.161. The molecule has 2 unspecified atom stereocenters. The molecule has 0 aliphatic carbocycles. The molecule has 0 fully saturated rings. The van der Waals surface area contributed by atoms with Crippen molar-refractivity contribution in [1.29, 1.82) is 0 Å². The molecule has 5 atom stereocenters. The number of carbonyl (C=O) groups excluding carboxylic acids is 4. The zero-order valence-electron chi connectivity index (χ0n) is 66.9. The van der Waals surface area contributed by atoms with Crippen LogP contribution in [0.3, 0.4) is 0 Å². The summed E-state index contributed by atoms with van der Waals surface area (Å²) >= 11 is 0. The first kappa shape index (κ1) is 100. The van der Waals surface area contributed by atoms with Crippen LogP contribution >= 0.6 is 15.6 Å². The lowest BCUT2D eigenvalue weighted by Crippen LogP contribution is -2.30. The van der Waals surface area contributed by atoms with Crippen molar-refractivity contribution in [2.45, 2.75) is 458 Å². The van der Waals surface area contributed by atoms with E-state index in [-0.39, 0.29) is 25.7 Å². The molecule has 0 aliphatic heterocycles. The van der Waals surface area contributed by atoms with Gasteiger partial charge in [0.15, 0.2) is 12.2 Å². The molecule has 0 radical (unpaired) electrons. The number of hydrogen-bond donors (Lipinski definition) is 3. The highest BCUT2D eigenvalue weighted by Crippen LogP contribution is 2.45. The van der Waals surface area contributed by atoms with Crippen LogP contribution in [-0.4, -0.2) is 96.7 Å². The summed E-state index contributed by atoms with van der Waals surface area (Å²) in [5.74, 6) is -0.629. The minimum absolute atomic E-state index is 0.107. The van der Waals surface area contributed by atoms with Crippen molar-refractivity contribution in [2.24, 2.45) is 11.8 Å². The number of rotatable bonds is 82. The summed E-state index contributed by atoms with van der Waals surface area (Å²) in [6.07, 6.45) is 65.5. The van der Waals surface area contributed by atoms with Crippen LogP contribution in [0.5, 0.6) is 0 Å². The van der Waals surface area contributed by atoms with Crippen LogP contribution in [-0.2, 0) is 65.4 Å². The van der Waals surface area contributed by atoms with Crippen LogP contribution in [0.2, 0.25) is 0 Å². The third kappa shape index (κ3) is 76.3. The third-order valence-corrected chi connectivity index (χ3v) is 21.4. The quantitative estimate of drug-likeness (QED) is 0.0222. The fraction of sp³-hybridized carbons (Fsp3) is 0.952. The molecule has 17 nitrogen and oxygen atoms in total. The van der Waals surface area contributed by atoms with Gasteiger partial charge in [-0.15, -0.1) is 0 Å². The number of hydrogen-bond acceptors (Lipinski definition) is 15. The Morgan fingerprint density at radius 3 is 0.667 bits per heavy atom. The van der Waals surface area contributed by atoms with E-state index in [0.29, 0.717) is 31.6 Å².